The lowest BCUT2D eigenvalue weighted by Crippen LogP contribution is -2.38. The third-order valence-corrected chi connectivity index (χ3v) is 3.27. The average molecular weight is 473 g/mol. The van der Waals surface area contributed by atoms with Gasteiger partial charge in [0.1, 0.15) is 6.61 Å². The molecule has 4 nitrogen and oxygen atoms in total. The predicted octanol–water partition coefficient (Wildman–Crippen LogP) is 3.95. The Balaban J connectivity index is 0.00000576. The van der Waals surface area contributed by atoms with Crippen molar-refractivity contribution in [1.82, 2.24) is 10.6 Å². The zero-order valence-corrected chi connectivity index (χ0v) is 17.2. The standard InChI is InChI=1S/C17H26F3N3O.HI/c1-4-21-16(22-8-5-9-24-12-17(18,19)20)23-11-15-7-6-13(2)10-14(15)3;/h6-7,10H,4-5,8-9,11-12H2,1-3H3,(H2,21,22,23);1H. The van der Waals surface area contributed by atoms with E-state index in [2.05, 4.69) is 45.5 Å². The van der Waals surface area contributed by atoms with E-state index in [9.17, 15) is 13.2 Å². The minimum absolute atomic E-state index is 0. The molecule has 144 valence electrons. The van der Waals surface area contributed by atoms with Crippen LogP contribution in [0, 0.1) is 13.8 Å². The Kier molecular flexibility index (Phi) is 11.8. The number of hydrogen-bond acceptors (Lipinski definition) is 2. The second-order valence-electron chi connectivity index (χ2n) is 5.57. The first-order valence-electron chi connectivity index (χ1n) is 8.04. The van der Waals surface area contributed by atoms with Crippen LogP contribution in [0.4, 0.5) is 13.2 Å². The zero-order valence-electron chi connectivity index (χ0n) is 14.9. The molecule has 0 aromatic heterocycles. The molecular weight excluding hydrogens is 446 g/mol. The van der Waals surface area contributed by atoms with Crippen molar-refractivity contribution in [3.05, 3.63) is 34.9 Å². The normalized spacial score (nSPS) is 11.8. The maximum absolute atomic E-state index is 11.9. The Morgan fingerprint density at radius 2 is 1.92 bits per heavy atom. The molecule has 0 unspecified atom stereocenters. The molecule has 0 aliphatic carbocycles. The summed E-state index contributed by atoms with van der Waals surface area (Å²) in [5.74, 6) is 0.647. The summed E-state index contributed by atoms with van der Waals surface area (Å²) >= 11 is 0. The lowest BCUT2D eigenvalue weighted by Gasteiger charge is -2.12. The summed E-state index contributed by atoms with van der Waals surface area (Å²) in [7, 11) is 0. The highest BCUT2D eigenvalue weighted by Gasteiger charge is 2.27. The molecular formula is C17H27F3IN3O. The molecule has 0 radical (unpaired) electrons. The fraction of sp³-hybridized carbons (Fsp3) is 0.588. The number of ether oxygens (including phenoxy) is 1. The number of rotatable bonds is 8. The van der Waals surface area contributed by atoms with E-state index in [1.807, 2.05) is 13.8 Å². The molecule has 0 heterocycles. The van der Waals surface area contributed by atoms with E-state index < -0.39 is 12.8 Å². The van der Waals surface area contributed by atoms with Crippen LogP contribution >= 0.6 is 24.0 Å². The van der Waals surface area contributed by atoms with Crippen LogP contribution in [0.3, 0.4) is 0 Å². The van der Waals surface area contributed by atoms with Gasteiger partial charge in [0.2, 0.25) is 0 Å². The summed E-state index contributed by atoms with van der Waals surface area (Å²) in [6.45, 7) is 6.67. The van der Waals surface area contributed by atoms with Gasteiger partial charge in [-0.3, -0.25) is 0 Å². The number of halogens is 4. The average Bonchev–Trinajstić information content (AvgIpc) is 2.48. The Bertz CT molecular complexity index is 536. The minimum Gasteiger partial charge on any atom is -0.372 e. The van der Waals surface area contributed by atoms with Gasteiger partial charge in [-0.15, -0.1) is 24.0 Å². The molecule has 0 saturated heterocycles. The van der Waals surface area contributed by atoms with Gasteiger partial charge in [-0.1, -0.05) is 23.8 Å². The number of hydrogen-bond donors (Lipinski definition) is 2. The number of benzene rings is 1. The van der Waals surface area contributed by atoms with Crippen LogP contribution in [0.1, 0.15) is 30.0 Å². The van der Waals surface area contributed by atoms with Crippen molar-refractivity contribution in [2.75, 3.05) is 26.3 Å². The van der Waals surface area contributed by atoms with Gasteiger partial charge in [0.25, 0.3) is 0 Å². The quantitative estimate of drug-likeness (QED) is 0.260. The number of nitrogens with zero attached hydrogens (tertiary/aromatic N) is 1. The smallest absolute Gasteiger partial charge is 0.372 e. The maximum atomic E-state index is 11.9. The Labute approximate surface area is 164 Å². The van der Waals surface area contributed by atoms with Gasteiger partial charge in [0.05, 0.1) is 6.54 Å². The molecule has 1 aromatic carbocycles. The summed E-state index contributed by atoms with van der Waals surface area (Å²) in [6.07, 6.45) is -3.79. The number of nitrogens with one attached hydrogen (secondary N) is 2. The van der Waals surface area contributed by atoms with Crippen LogP contribution in [0.15, 0.2) is 23.2 Å². The molecule has 0 aliphatic rings. The van der Waals surface area contributed by atoms with E-state index in [-0.39, 0.29) is 30.6 Å². The lowest BCUT2D eigenvalue weighted by atomic mass is 10.1. The molecule has 0 saturated carbocycles. The number of guanidine groups is 1. The van der Waals surface area contributed by atoms with Crippen LogP contribution in [0.5, 0.6) is 0 Å². The molecule has 0 atom stereocenters. The van der Waals surface area contributed by atoms with Crippen LogP contribution in [-0.2, 0) is 11.3 Å². The van der Waals surface area contributed by atoms with Crippen LogP contribution in [-0.4, -0.2) is 38.4 Å². The van der Waals surface area contributed by atoms with Crippen molar-refractivity contribution in [1.29, 1.82) is 0 Å². The molecule has 0 fully saturated rings. The second-order valence-corrected chi connectivity index (χ2v) is 5.57. The SMILES string of the molecule is CCNC(=NCc1ccc(C)cc1C)NCCCOCC(F)(F)F.I. The zero-order chi connectivity index (χ0) is 18.0. The van der Waals surface area contributed by atoms with E-state index in [4.69, 9.17) is 0 Å². The summed E-state index contributed by atoms with van der Waals surface area (Å²) in [5.41, 5.74) is 3.55. The topological polar surface area (TPSA) is 45.7 Å². The highest BCUT2D eigenvalue weighted by atomic mass is 127. The monoisotopic (exact) mass is 473 g/mol. The van der Waals surface area contributed by atoms with Crippen molar-refractivity contribution in [3.63, 3.8) is 0 Å². The molecule has 25 heavy (non-hydrogen) atoms. The van der Waals surface area contributed by atoms with Crippen LogP contribution in [0.25, 0.3) is 0 Å². The van der Waals surface area contributed by atoms with Gasteiger partial charge in [-0.05, 0) is 38.3 Å². The molecule has 0 aliphatic heterocycles. The van der Waals surface area contributed by atoms with Gasteiger partial charge >= 0.3 is 6.18 Å². The highest BCUT2D eigenvalue weighted by molar-refractivity contribution is 14.0. The number of aliphatic imine (C=N–C) groups is 1. The Morgan fingerprint density at radius 3 is 2.52 bits per heavy atom. The lowest BCUT2D eigenvalue weighted by molar-refractivity contribution is -0.173. The van der Waals surface area contributed by atoms with E-state index >= 15 is 0 Å². The van der Waals surface area contributed by atoms with Gasteiger partial charge in [0.15, 0.2) is 5.96 Å². The van der Waals surface area contributed by atoms with Crippen LogP contribution < -0.4 is 10.6 Å². The van der Waals surface area contributed by atoms with Crippen molar-refractivity contribution in [3.8, 4) is 0 Å². The first-order chi connectivity index (χ1) is 11.3. The first-order valence-corrected chi connectivity index (χ1v) is 8.04. The van der Waals surface area contributed by atoms with Gasteiger partial charge in [-0.2, -0.15) is 13.2 Å². The number of alkyl halides is 3. The first kappa shape index (κ1) is 24.0. The molecule has 0 spiro atoms. The minimum atomic E-state index is -4.27. The van der Waals surface area contributed by atoms with E-state index in [0.29, 0.717) is 32.0 Å². The predicted molar refractivity (Wildman–Crippen MR) is 106 cm³/mol. The van der Waals surface area contributed by atoms with Gasteiger partial charge in [0, 0.05) is 19.7 Å². The summed E-state index contributed by atoms with van der Waals surface area (Å²) in [5, 5.41) is 6.21. The van der Waals surface area contributed by atoms with Gasteiger partial charge < -0.3 is 15.4 Å². The van der Waals surface area contributed by atoms with Crippen molar-refractivity contribution < 1.29 is 17.9 Å². The second kappa shape index (κ2) is 12.3. The number of aryl methyl sites for hydroxylation is 2. The molecule has 1 aromatic rings. The van der Waals surface area contributed by atoms with E-state index in [1.54, 1.807) is 0 Å². The van der Waals surface area contributed by atoms with Crippen molar-refractivity contribution in [2.45, 2.75) is 39.9 Å². The third kappa shape index (κ3) is 11.2. The summed E-state index contributed by atoms with van der Waals surface area (Å²) in [4.78, 5) is 4.50. The fourth-order valence-corrected chi connectivity index (χ4v) is 2.10. The highest BCUT2D eigenvalue weighted by Crippen LogP contribution is 2.14. The molecule has 8 heteroatoms. The van der Waals surface area contributed by atoms with Crippen molar-refractivity contribution >= 4 is 29.9 Å². The van der Waals surface area contributed by atoms with E-state index in [0.717, 1.165) is 5.56 Å². The maximum Gasteiger partial charge on any atom is 0.411 e. The van der Waals surface area contributed by atoms with Crippen LogP contribution in [0.2, 0.25) is 0 Å². The Hall–Kier alpha value is -1.03. The summed E-state index contributed by atoms with van der Waals surface area (Å²) in [6, 6.07) is 6.22. The van der Waals surface area contributed by atoms with E-state index in [1.165, 1.54) is 11.1 Å². The molecule has 0 amide bonds. The summed E-state index contributed by atoms with van der Waals surface area (Å²) < 4.78 is 40.4. The van der Waals surface area contributed by atoms with Gasteiger partial charge in [-0.25, -0.2) is 4.99 Å². The molecule has 0 bridgehead atoms. The molecule has 2 N–H and O–H groups in total. The van der Waals surface area contributed by atoms with Crippen molar-refractivity contribution in [2.24, 2.45) is 4.99 Å². The third-order valence-electron chi connectivity index (χ3n) is 3.27. The fourth-order valence-electron chi connectivity index (χ4n) is 2.10. The molecule has 1 rings (SSSR count). The Morgan fingerprint density at radius 1 is 1.20 bits per heavy atom. The largest absolute Gasteiger partial charge is 0.411 e.